The number of likely N-dealkylation sites (tertiary alicyclic amines) is 1. The molecule has 8 nitrogen and oxygen atoms in total. The molecule has 1 fully saturated rings. The van der Waals surface area contributed by atoms with Crippen molar-refractivity contribution < 1.29 is 14.3 Å². The number of nitrogens with zero attached hydrogens (tertiary/aromatic N) is 4. The topological polar surface area (TPSA) is 95.5 Å². The molecule has 2 atom stereocenters. The molecule has 44 heavy (non-hydrogen) atoms. The first-order valence-corrected chi connectivity index (χ1v) is 15.4. The van der Waals surface area contributed by atoms with E-state index in [1.807, 2.05) is 73.0 Å². The highest BCUT2D eigenvalue weighted by Gasteiger charge is 2.29. The number of carbonyl (C=O) groups excluding carboxylic acids is 1. The Morgan fingerprint density at radius 3 is 2.64 bits per heavy atom. The van der Waals surface area contributed by atoms with Crippen molar-refractivity contribution >= 4 is 51.3 Å². The number of imidazole rings is 1. The van der Waals surface area contributed by atoms with Gasteiger partial charge < -0.3 is 20.1 Å². The van der Waals surface area contributed by atoms with Gasteiger partial charge in [0.05, 0.1) is 32.6 Å². The normalized spacial score (nSPS) is 18.6. The highest BCUT2D eigenvalue weighted by molar-refractivity contribution is 7.81. The van der Waals surface area contributed by atoms with Gasteiger partial charge in [0.15, 0.2) is 0 Å². The van der Waals surface area contributed by atoms with E-state index in [0.717, 1.165) is 59.3 Å². The fourth-order valence-corrected chi connectivity index (χ4v) is 6.33. The van der Waals surface area contributed by atoms with Crippen LogP contribution in [0.25, 0.3) is 27.9 Å². The number of allylic oxidation sites excluding steroid dienone is 2. The maximum atomic E-state index is 12.5. The van der Waals surface area contributed by atoms with Gasteiger partial charge in [-0.15, -0.1) is 0 Å². The van der Waals surface area contributed by atoms with Gasteiger partial charge in [-0.1, -0.05) is 42.0 Å². The Balaban J connectivity index is 1.27. The van der Waals surface area contributed by atoms with Gasteiger partial charge >= 0.3 is 0 Å². The number of amides is 1. The van der Waals surface area contributed by atoms with Gasteiger partial charge in [-0.3, -0.25) is 14.3 Å². The van der Waals surface area contributed by atoms with E-state index in [0.29, 0.717) is 21.3 Å². The Hall–Kier alpha value is -3.89. The molecule has 0 radical (unpaired) electrons. The van der Waals surface area contributed by atoms with Crippen LogP contribution in [0.1, 0.15) is 37.1 Å². The van der Waals surface area contributed by atoms with Gasteiger partial charge in [0.25, 0.3) is 0 Å². The van der Waals surface area contributed by atoms with Gasteiger partial charge in [-0.2, -0.15) is 0 Å². The lowest BCUT2D eigenvalue weighted by Gasteiger charge is -2.30. The van der Waals surface area contributed by atoms with Crippen LogP contribution in [0.3, 0.4) is 0 Å². The summed E-state index contributed by atoms with van der Waals surface area (Å²) < 4.78 is 14.7. The number of primary amides is 1. The molecule has 0 saturated carbocycles. The van der Waals surface area contributed by atoms with Crippen molar-refractivity contribution in [2.75, 3.05) is 20.1 Å². The number of rotatable bonds is 8. The molecule has 1 aliphatic heterocycles. The van der Waals surface area contributed by atoms with Crippen molar-refractivity contribution in [1.82, 2.24) is 19.4 Å². The molecule has 2 N–H and O–H groups in total. The van der Waals surface area contributed by atoms with Crippen LogP contribution in [0.2, 0.25) is 5.02 Å². The van der Waals surface area contributed by atoms with Crippen molar-refractivity contribution in [3.8, 4) is 16.9 Å². The van der Waals surface area contributed by atoms with E-state index in [9.17, 15) is 4.79 Å². The van der Waals surface area contributed by atoms with Crippen LogP contribution in [0.4, 0.5) is 0 Å². The zero-order chi connectivity index (χ0) is 31.0. The molecule has 0 bridgehead atoms. The monoisotopic (exact) mass is 627 g/mol. The molecule has 2 aromatic carbocycles. The van der Waals surface area contributed by atoms with E-state index >= 15 is 0 Å². The van der Waals surface area contributed by atoms with Gasteiger partial charge in [0, 0.05) is 36.2 Å². The summed E-state index contributed by atoms with van der Waals surface area (Å²) in [6, 6.07) is 15.8. The van der Waals surface area contributed by atoms with Crippen molar-refractivity contribution in [2.24, 2.45) is 5.73 Å². The maximum absolute atomic E-state index is 12.5. The summed E-state index contributed by atoms with van der Waals surface area (Å²) in [5.41, 5.74) is 12.2. The summed E-state index contributed by atoms with van der Waals surface area (Å²) in [5.74, 6) is 0.0219. The number of aromatic nitrogens is 3. The number of thiocarbonyl (C=S) groups is 1. The molecule has 2 aliphatic rings. The lowest BCUT2D eigenvalue weighted by Crippen LogP contribution is -2.35. The summed E-state index contributed by atoms with van der Waals surface area (Å²) >= 11 is 12.6. The summed E-state index contributed by atoms with van der Waals surface area (Å²) in [4.78, 5) is 24.1. The zero-order valence-corrected chi connectivity index (χ0v) is 26.4. The fourth-order valence-electron chi connectivity index (χ4n) is 5.73. The molecule has 6 rings (SSSR count). The number of fused-ring (bicyclic) bond motifs is 1. The van der Waals surface area contributed by atoms with E-state index in [-0.39, 0.29) is 11.7 Å². The number of halogens is 1. The van der Waals surface area contributed by atoms with Crippen LogP contribution in [0.15, 0.2) is 78.8 Å². The van der Waals surface area contributed by atoms with E-state index in [1.54, 1.807) is 18.6 Å². The van der Waals surface area contributed by atoms with Crippen LogP contribution in [0, 0.1) is 6.92 Å². The second-order valence-electron chi connectivity index (χ2n) is 11.4. The van der Waals surface area contributed by atoms with E-state index in [1.165, 1.54) is 0 Å². The van der Waals surface area contributed by atoms with E-state index in [2.05, 4.69) is 21.9 Å². The number of piperidine rings is 1. The maximum Gasteiger partial charge on any atom is 0.250 e. The lowest BCUT2D eigenvalue weighted by molar-refractivity contribution is -0.114. The number of ether oxygens (including phenoxy) is 2. The average Bonchev–Trinajstić information content (AvgIpc) is 3.43. The van der Waals surface area contributed by atoms with E-state index < -0.39 is 18.1 Å². The molecule has 4 aromatic rings. The standard InChI is InChI=1S/C34H34ClN5O3S/c1-20-15-23(9-12-37-20)22-7-8-29-28(16-22)38-19-40(29)24-17-27(34(36)41)33(44)31(18-24)42-21(2)26-5-4-6-30(32(26)35)43-25-10-13-39(3)14-11-25/h4-9,12,15-19,21,25,31H,10-11,13-14H2,1-3H3,(H2,36,41)/t21-,31?/m1/s1. The smallest absolute Gasteiger partial charge is 0.250 e. The van der Waals surface area contributed by atoms with Crippen LogP contribution in [-0.4, -0.2) is 62.6 Å². The van der Waals surface area contributed by atoms with Gasteiger partial charge in [-0.25, -0.2) is 4.98 Å². The molecular weight excluding hydrogens is 594 g/mol. The minimum absolute atomic E-state index is 0.116. The van der Waals surface area contributed by atoms with Crippen molar-refractivity contribution in [2.45, 2.75) is 45.0 Å². The largest absolute Gasteiger partial charge is 0.489 e. The van der Waals surface area contributed by atoms with Crippen molar-refractivity contribution in [3.63, 3.8) is 0 Å². The Morgan fingerprint density at radius 2 is 1.89 bits per heavy atom. The number of nitrogens with two attached hydrogens (primary N) is 1. The molecule has 1 saturated heterocycles. The first-order valence-electron chi connectivity index (χ1n) is 14.6. The minimum atomic E-state index is -0.700. The summed E-state index contributed by atoms with van der Waals surface area (Å²) in [6.45, 7) is 5.85. The van der Waals surface area contributed by atoms with Crippen LogP contribution in [-0.2, 0) is 9.53 Å². The molecule has 1 aliphatic carbocycles. The number of hydrogen-bond acceptors (Lipinski definition) is 7. The van der Waals surface area contributed by atoms with Crippen LogP contribution >= 0.6 is 23.8 Å². The number of hydrogen-bond donors (Lipinski definition) is 1. The first kappa shape index (κ1) is 30.1. The van der Waals surface area contributed by atoms with Crippen molar-refractivity contribution in [3.05, 3.63) is 95.1 Å². The second-order valence-corrected chi connectivity index (χ2v) is 12.2. The zero-order valence-electron chi connectivity index (χ0n) is 24.9. The lowest BCUT2D eigenvalue weighted by atomic mass is 9.98. The number of carbonyl (C=O) groups is 1. The van der Waals surface area contributed by atoms with E-state index in [4.69, 9.17) is 39.0 Å². The molecule has 2 aromatic heterocycles. The average molecular weight is 628 g/mol. The highest BCUT2D eigenvalue weighted by atomic mass is 35.5. The van der Waals surface area contributed by atoms with Gasteiger partial charge in [0.2, 0.25) is 5.91 Å². The third-order valence-corrected chi connectivity index (χ3v) is 9.06. The molecule has 1 unspecified atom stereocenters. The summed E-state index contributed by atoms with van der Waals surface area (Å²) in [6.07, 6.45) is 7.96. The van der Waals surface area contributed by atoms with Crippen LogP contribution in [0.5, 0.6) is 5.75 Å². The minimum Gasteiger partial charge on any atom is -0.489 e. The molecule has 1 amide bonds. The number of aryl methyl sites for hydroxylation is 1. The molecular formula is C34H34ClN5O3S. The predicted molar refractivity (Wildman–Crippen MR) is 178 cm³/mol. The Morgan fingerprint density at radius 1 is 1.11 bits per heavy atom. The first-order chi connectivity index (χ1) is 21.2. The van der Waals surface area contributed by atoms with Crippen LogP contribution < -0.4 is 10.5 Å². The third-order valence-electron chi connectivity index (χ3n) is 8.20. The number of pyridine rings is 1. The third kappa shape index (κ3) is 6.19. The highest BCUT2D eigenvalue weighted by Crippen LogP contribution is 2.37. The predicted octanol–water partition coefficient (Wildman–Crippen LogP) is 6.32. The second kappa shape index (κ2) is 12.6. The Bertz CT molecular complexity index is 1810. The SMILES string of the molecule is Cc1cc(-c2ccc3c(c2)ncn3C2=CC(O[C@H](C)c3cccc(OC4CCN(C)CC4)c3Cl)C(=S)C(C(N)=O)=C2)ccn1. The summed E-state index contributed by atoms with van der Waals surface area (Å²) in [7, 11) is 2.12. The molecule has 10 heteroatoms. The number of benzene rings is 2. The quantitative estimate of drug-likeness (QED) is 0.229. The molecule has 0 spiro atoms. The Kier molecular flexibility index (Phi) is 8.64. The van der Waals surface area contributed by atoms with Crippen molar-refractivity contribution in [1.29, 1.82) is 0 Å². The van der Waals surface area contributed by atoms with Gasteiger partial charge in [-0.05, 0) is 87.3 Å². The summed E-state index contributed by atoms with van der Waals surface area (Å²) in [5, 5.41) is 0.510. The Labute approximate surface area is 267 Å². The fraction of sp³-hybridized carbons (Fsp3) is 0.294. The van der Waals surface area contributed by atoms with Gasteiger partial charge in [0.1, 0.15) is 24.3 Å². The molecule has 226 valence electrons. The molecule has 3 heterocycles.